The van der Waals surface area contributed by atoms with Gasteiger partial charge in [-0.1, -0.05) is 30.9 Å². The minimum absolute atomic E-state index is 0.00231. The van der Waals surface area contributed by atoms with Crippen LogP contribution in [0.2, 0.25) is 0 Å². The molecule has 0 saturated heterocycles. The van der Waals surface area contributed by atoms with Crippen LogP contribution in [0.3, 0.4) is 0 Å². The van der Waals surface area contributed by atoms with E-state index in [0.29, 0.717) is 5.57 Å². The Morgan fingerprint density at radius 3 is 2.00 bits per heavy atom. The van der Waals surface area contributed by atoms with Gasteiger partial charge in [0.15, 0.2) is 5.78 Å². The van der Waals surface area contributed by atoms with Crippen LogP contribution in [-0.2, 0) is 4.79 Å². The maximum Gasteiger partial charge on any atom is 0.159 e. The first-order chi connectivity index (χ1) is 4.54. The molecule has 0 amide bonds. The number of rotatable bonds is 3. The normalized spacial score (nSPS) is 9.80. The molecular weight excluding hydrogens is 124 g/mol. The van der Waals surface area contributed by atoms with Crippen LogP contribution in [0.15, 0.2) is 36.5 Å². The van der Waals surface area contributed by atoms with E-state index in [2.05, 4.69) is 13.2 Å². The summed E-state index contributed by atoms with van der Waals surface area (Å²) in [6.07, 6.45) is 3.44. The number of allylic oxidation sites excluding steroid dienone is 4. The number of hydrogen-bond acceptors (Lipinski definition) is 1. The van der Waals surface area contributed by atoms with Gasteiger partial charge in [0.1, 0.15) is 0 Å². The van der Waals surface area contributed by atoms with Crippen molar-refractivity contribution in [2.75, 3.05) is 0 Å². The molecule has 0 rings (SSSR count). The summed E-state index contributed by atoms with van der Waals surface area (Å²) < 4.78 is 0. The van der Waals surface area contributed by atoms with Crippen molar-refractivity contribution >= 4 is 5.78 Å². The zero-order valence-electron chi connectivity index (χ0n) is 6.48. The number of carbonyl (C=O) groups is 1. The average molecular weight is 136 g/mol. The molecule has 0 bridgehead atoms. The Hall–Kier alpha value is -1.11. The fraction of sp³-hybridized carbons (Fsp3) is 0.222. The molecular formula is C9H12O. The van der Waals surface area contributed by atoms with E-state index in [4.69, 9.17) is 0 Å². The average Bonchev–Trinajstić information content (AvgIpc) is 1.82. The van der Waals surface area contributed by atoms with Gasteiger partial charge in [-0.05, 0) is 13.8 Å². The molecule has 0 aromatic rings. The lowest BCUT2D eigenvalue weighted by atomic mass is 10.2. The molecule has 0 saturated carbocycles. The van der Waals surface area contributed by atoms with E-state index >= 15 is 0 Å². The SMILES string of the molecule is C=C(C)/C=C\C(=C)C(C)=O. The van der Waals surface area contributed by atoms with E-state index in [1.165, 1.54) is 6.92 Å². The summed E-state index contributed by atoms with van der Waals surface area (Å²) >= 11 is 0. The van der Waals surface area contributed by atoms with E-state index in [1.54, 1.807) is 12.2 Å². The van der Waals surface area contributed by atoms with Gasteiger partial charge in [-0.25, -0.2) is 0 Å². The minimum Gasteiger partial charge on any atom is -0.295 e. The number of Topliss-reactive ketones (excluding diaryl/α,β-unsaturated/α-hetero) is 1. The molecule has 0 aliphatic heterocycles. The highest BCUT2D eigenvalue weighted by Gasteiger charge is 1.92. The van der Waals surface area contributed by atoms with Gasteiger partial charge in [-0.15, -0.1) is 0 Å². The Morgan fingerprint density at radius 1 is 1.20 bits per heavy atom. The third-order valence-electron chi connectivity index (χ3n) is 1.02. The van der Waals surface area contributed by atoms with Gasteiger partial charge in [0.2, 0.25) is 0 Å². The van der Waals surface area contributed by atoms with Gasteiger partial charge in [-0.3, -0.25) is 4.79 Å². The second-order valence-electron chi connectivity index (χ2n) is 2.26. The van der Waals surface area contributed by atoms with Gasteiger partial charge in [0.25, 0.3) is 0 Å². The second kappa shape index (κ2) is 3.83. The molecule has 0 unspecified atom stereocenters. The molecule has 0 aromatic carbocycles. The smallest absolute Gasteiger partial charge is 0.159 e. The van der Waals surface area contributed by atoms with Gasteiger partial charge >= 0.3 is 0 Å². The number of ketones is 1. The van der Waals surface area contributed by atoms with E-state index < -0.39 is 0 Å². The van der Waals surface area contributed by atoms with Crippen molar-refractivity contribution in [1.29, 1.82) is 0 Å². The molecule has 0 fully saturated rings. The fourth-order valence-corrected chi connectivity index (χ4v) is 0.360. The quantitative estimate of drug-likeness (QED) is 0.429. The van der Waals surface area contributed by atoms with Crippen molar-refractivity contribution in [3.05, 3.63) is 36.5 Å². The van der Waals surface area contributed by atoms with E-state index in [1.807, 2.05) is 6.92 Å². The highest BCUT2D eigenvalue weighted by atomic mass is 16.1. The minimum atomic E-state index is -0.00231. The molecule has 0 atom stereocenters. The summed E-state index contributed by atoms with van der Waals surface area (Å²) in [7, 11) is 0. The lowest BCUT2D eigenvalue weighted by molar-refractivity contribution is -0.113. The van der Waals surface area contributed by atoms with Gasteiger partial charge in [0, 0.05) is 5.57 Å². The highest BCUT2D eigenvalue weighted by Crippen LogP contribution is 1.97. The van der Waals surface area contributed by atoms with Crippen molar-refractivity contribution < 1.29 is 4.79 Å². The Morgan fingerprint density at radius 2 is 1.70 bits per heavy atom. The topological polar surface area (TPSA) is 17.1 Å². The fourth-order valence-electron chi connectivity index (χ4n) is 0.360. The zero-order valence-corrected chi connectivity index (χ0v) is 6.48. The Labute approximate surface area is 61.8 Å². The summed E-state index contributed by atoms with van der Waals surface area (Å²) in [4.78, 5) is 10.6. The maximum atomic E-state index is 10.6. The number of hydrogen-bond donors (Lipinski definition) is 0. The third-order valence-corrected chi connectivity index (χ3v) is 1.02. The van der Waals surface area contributed by atoms with Crippen LogP contribution in [-0.4, -0.2) is 5.78 Å². The molecule has 0 aliphatic rings. The van der Waals surface area contributed by atoms with Crippen LogP contribution in [0.4, 0.5) is 0 Å². The van der Waals surface area contributed by atoms with Crippen molar-refractivity contribution in [3.8, 4) is 0 Å². The van der Waals surface area contributed by atoms with E-state index in [-0.39, 0.29) is 5.78 Å². The summed E-state index contributed by atoms with van der Waals surface area (Å²) in [6.45, 7) is 10.6. The first kappa shape index (κ1) is 8.89. The van der Waals surface area contributed by atoms with Crippen LogP contribution in [0.25, 0.3) is 0 Å². The first-order valence-corrected chi connectivity index (χ1v) is 3.07. The van der Waals surface area contributed by atoms with Gasteiger partial charge < -0.3 is 0 Å². The summed E-state index contributed by atoms with van der Waals surface area (Å²) in [5.41, 5.74) is 1.44. The Kier molecular flexibility index (Phi) is 3.40. The van der Waals surface area contributed by atoms with Crippen LogP contribution in [0, 0.1) is 0 Å². The summed E-state index contributed by atoms with van der Waals surface area (Å²) in [5, 5.41) is 0. The predicted octanol–water partition coefficient (Wildman–Crippen LogP) is 2.26. The Bertz CT molecular complexity index is 197. The van der Waals surface area contributed by atoms with Crippen LogP contribution < -0.4 is 0 Å². The second-order valence-corrected chi connectivity index (χ2v) is 2.26. The third kappa shape index (κ3) is 3.84. The van der Waals surface area contributed by atoms with E-state index in [0.717, 1.165) is 5.57 Å². The predicted molar refractivity (Wildman–Crippen MR) is 43.8 cm³/mol. The lowest BCUT2D eigenvalue weighted by Gasteiger charge is -1.89. The lowest BCUT2D eigenvalue weighted by Crippen LogP contribution is -1.89. The van der Waals surface area contributed by atoms with Crippen LogP contribution >= 0.6 is 0 Å². The number of carbonyl (C=O) groups excluding carboxylic acids is 1. The van der Waals surface area contributed by atoms with Crippen molar-refractivity contribution in [2.45, 2.75) is 13.8 Å². The largest absolute Gasteiger partial charge is 0.295 e. The summed E-state index contributed by atoms with van der Waals surface area (Å²) in [5.74, 6) is -0.00231. The molecule has 1 heteroatoms. The molecule has 0 radical (unpaired) electrons. The molecule has 0 aromatic heterocycles. The van der Waals surface area contributed by atoms with Crippen molar-refractivity contribution in [3.63, 3.8) is 0 Å². The maximum absolute atomic E-state index is 10.6. The van der Waals surface area contributed by atoms with Crippen molar-refractivity contribution in [1.82, 2.24) is 0 Å². The Balaban J connectivity index is 4.03. The van der Waals surface area contributed by atoms with Crippen LogP contribution in [0.1, 0.15) is 13.8 Å². The molecule has 1 nitrogen and oxygen atoms in total. The highest BCUT2D eigenvalue weighted by molar-refractivity contribution is 5.95. The standard InChI is InChI=1S/C9H12O/c1-7(2)5-6-8(3)9(4)10/h5-6H,1,3H2,2,4H3/b6-5-. The molecule has 54 valence electrons. The molecule has 0 aliphatic carbocycles. The van der Waals surface area contributed by atoms with E-state index in [9.17, 15) is 4.79 Å². The first-order valence-electron chi connectivity index (χ1n) is 3.07. The molecule has 0 heterocycles. The van der Waals surface area contributed by atoms with Crippen molar-refractivity contribution in [2.24, 2.45) is 0 Å². The summed E-state index contributed by atoms with van der Waals surface area (Å²) in [6, 6.07) is 0. The monoisotopic (exact) mass is 136 g/mol. The van der Waals surface area contributed by atoms with Gasteiger partial charge in [0.05, 0.1) is 0 Å². The molecule has 10 heavy (non-hydrogen) atoms. The van der Waals surface area contributed by atoms with Gasteiger partial charge in [-0.2, -0.15) is 0 Å². The molecule has 0 N–H and O–H groups in total. The van der Waals surface area contributed by atoms with Crippen LogP contribution in [0.5, 0.6) is 0 Å². The zero-order chi connectivity index (χ0) is 8.15. The molecule has 0 spiro atoms.